The molecular weight excluding hydrogens is 220 g/mol. The second-order valence-corrected chi connectivity index (χ2v) is 7.82. The van der Waals surface area contributed by atoms with Crippen LogP contribution in [0.25, 0.3) is 0 Å². The molecule has 0 N–H and O–H groups in total. The van der Waals surface area contributed by atoms with Crippen LogP contribution in [0.3, 0.4) is 0 Å². The normalized spacial score (nSPS) is 74.4. The molecule has 0 aromatic rings. The predicted octanol–water partition coefficient (Wildman–Crippen LogP) is 3.03. The van der Waals surface area contributed by atoms with Crippen molar-refractivity contribution in [2.75, 3.05) is 0 Å². The molecule has 4 bridgehead atoms. The predicted molar refractivity (Wildman–Crippen MR) is 68.7 cm³/mol. The van der Waals surface area contributed by atoms with E-state index in [1.54, 1.807) is 6.42 Å². The van der Waals surface area contributed by atoms with Gasteiger partial charge in [-0.25, -0.2) is 0 Å². The maximum atomic E-state index is 6.88. The lowest BCUT2D eigenvalue weighted by molar-refractivity contribution is -0.0685. The summed E-state index contributed by atoms with van der Waals surface area (Å²) in [6, 6.07) is 0. The van der Waals surface area contributed by atoms with Crippen molar-refractivity contribution < 1.29 is 4.74 Å². The summed E-state index contributed by atoms with van der Waals surface area (Å²) in [4.78, 5) is 0. The molecule has 0 unspecified atom stereocenters. The highest BCUT2D eigenvalue weighted by Crippen LogP contribution is 2.93. The molecule has 0 spiro atoms. The Labute approximate surface area is 108 Å². The first kappa shape index (κ1) is 9.36. The summed E-state index contributed by atoms with van der Waals surface area (Å²) in [5, 5.41) is 0. The van der Waals surface area contributed by atoms with Gasteiger partial charge in [0, 0.05) is 0 Å². The highest BCUT2D eigenvalue weighted by atomic mass is 16.5. The zero-order chi connectivity index (χ0) is 11.9. The van der Waals surface area contributed by atoms with E-state index in [0.717, 1.165) is 60.2 Å². The molecule has 5 saturated carbocycles. The standard InChI is InChI=1S/C17H20O/c1-3-5-16-12-8-7-9-11-10(8)14(16)15(11)17(18-16,6-4-2)13(9)12/h3-4,8-15H,1-2,5-7H2/t8-,9+,10+,11-,12-,13+,14+,15-,16+,17-. The first-order valence-electron chi connectivity index (χ1n) is 7.72. The SMILES string of the molecule is C=CC[C@]12O[C@@]3(CC=C)[C@@H]4[C@@H]5C[C@@H]([C@@H]6[C@H]5[C@H]3[C@@H]61)[C@@H]42. The summed E-state index contributed by atoms with van der Waals surface area (Å²) >= 11 is 0. The second-order valence-electron chi connectivity index (χ2n) is 7.82. The summed E-state index contributed by atoms with van der Waals surface area (Å²) in [6.45, 7) is 8.04. The van der Waals surface area contributed by atoms with Crippen molar-refractivity contribution in [2.45, 2.75) is 30.5 Å². The third-order valence-corrected chi connectivity index (χ3v) is 8.07. The molecule has 0 aromatic heterocycles. The van der Waals surface area contributed by atoms with Gasteiger partial charge in [0.25, 0.3) is 0 Å². The van der Waals surface area contributed by atoms with E-state index >= 15 is 0 Å². The van der Waals surface area contributed by atoms with E-state index in [-0.39, 0.29) is 11.2 Å². The van der Waals surface area contributed by atoms with Crippen molar-refractivity contribution >= 4 is 0 Å². The molecule has 1 nitrogen and oxygen atoms in total. The van der Waals surface area contributed by atoms with Gasteiger partial charge in [0.15, 0.2) is 0 Å². The van der Waals surface area contributed by atoms with E-state index in [2.05, 4.69) is 25.3 Å². The van der Waals surface area contributed by atoms with Gasteiger partial charge in [-0.1, -0.05) is 12.2 Å². The summed E-state index contributed by atoms with van der Waals surface area (Å²) in [5.74, 6) is 7.75. The number of hydrogen-bond acceptors (Lipinski definition) is 1. The maximum Gasteiger partial charge on any atom is 0.0793 e. The molecule has 5 aliphatic carbocycles. The van der Waals surface area contributed by atoms with Crippen LogP contribution in [0.2, 0.25) is 0 Å². The molecule has 18 heavy (non-hydrogen) atoms. The third kappa shape index (κ3) is 0.537. The Morgan fingerprint density at radius 2 is 1.39 bits per heavy atom. The van der Waals surface area contributed by atoms with Gasteiger partial charge >= 0.3 is 0 Å². The van der Waals surface area contributed by atoms with Crippen LogP contribution in [0.15, 0.2) is 25.3 Å². The molecule has 7 aliphatic rings. The van der Waals surface area contributed by atoms with E-state index < -0.39 is 0 Å². The molecule has 10 atom stereocenters. The largest absolute Gasteiger partial charge is 0.367 e. The highest BCUT2D eigenvalue weighted by Gasteiger charge is 2.96. The average Bonchev–Trinajstić information content (AvgIpc) is 2.90. The Hall–Kier alpha value is -0.560. The molecule has 94 valence electrons. The van der Waals surface area contributed by atoms with Crippen LogP contribution in [0.1, 0.15) is 19.3 Å². The van der Waals surface area contributed by atoms with E-state index in [0.29, 0.717) is 0 Å². The summed E-state index contributed by atoms with van der Waals surface area (Å²) in [5.41, 5.74) is 0.467. The van der Waals surface area contributed by atoms with Gasteiger partial charge in [-0.2, -0.15) is 0 Å². The van der Waals surface area contributed by atoms with Crippen molar-refractivity contribution in [3.63, 3.8) is 0 Å². The maximum absolute atomic E-state index is 6.88. The average molecular weight is 240 g/mol. The Balaban J connectivity index is 1.63. The molecule has 1 heteroatoms. The van der Waals surface area contributed by atoms with E-state index in [4.69, 9.17) is 4.74 Å². The van der Waals surface area contributed by atoms with Crippen LogP contribution in [-0.4, -0.2) is 11.2 Å². The zero-order valence-electron chi connectivity index (χ0n) is 10.7. The first-order valence-corrected chi connectivity index (χ1v) is 7.72. The Morgan fingerprint density at radius 3 is 1.83 bits per heavy atom. The van der Waals surface area contributed by atoms with E-state index in [9.17, 15) is 0 Å². The molecule has 0 aromatic carbocycles. The van der Waals surface area contributed by atoms with Gasteiger partial charge < -0.3 is 4.74 Å². The smallest absolute Gasteiger partial charge is 0.0793 e. The highest BCUT2D eigenvalue weighted by molar-refractivity contribution is 5.43. The number of hydrogen-bond donors (Lipinski definition) is 0. The van der Waals surface area contributed by atoms with Crippen molar-refractivity contribution in [2.24, 2.45) is 47.3 Å². The van der Waals surface area contributed by atoms with Crippen LogP contribution in [-0.2, 0) is 4.74 Å². The molecule has 7 rings (SSSR count). The summed E-state index contributed by atoms with van der Waals surface area (Å²) in [7, 11) is 0. The summed E-state index contributed by atoms with van der Waals surface area (Å²) in [6.07, 6.45) is 8.03. The molecule has 0 amide bonds. The minimum Gasteiger partial charge on any atom is -0.367 e. The lowest BCUT2D eigenvalue weighted by Gasteiger charge is -2.47. The monoisotopic (exact) mass is 240 g/mol. The number of rotatable bonds is 4. The van der Waals surface area contributed by atoms with E-state index in [1.165, 1.54) is 0 Å². The molecule has 7 fully saturated rings. The van der Waals surface area contributed by atoms with Gasteiger partial charge in [-0.15, -0.1) is 13.2 Å². The Kier molecular flexibility index (Phi) is 1.19. The van der Waals surface area contributed by atoms with E-state index in [1.807, 2.05) is 0 Å². The Morgan fingerprint density at radius 1 is 0.889 bits per heavy atom. The van der Waals surface area contributed by atoms with Crippen molar-refractivity contribution in [1.82, 2.24) is 0 Å². The van der Waals surface area contributed by atoms with Crippen molar-refractivity contribution in [1.29, 1.82) is 0 Å². The van der Waals surface area contributed by atoms with Crippen molar-refractivity contribution in [3.05, 3.63) is 25.3 Å². The van der Waals surface area contributed by atoms with Crippen LogP contribution in [0.5, 0.6) is 0 Å². The summed E-state index contributed by atoms with van der Waals surface area (Å²) < 4.78 is 6.88. The second kappa shape index (κ2) is 2.28. The third-order valence-electron chi connectivity index (χ3n) is 8.07. The van der Waals surface area contributed by atoms with Gasteiger partial charge in [-0.3, -0.25) is 0 Å². The molecule has 2 aliphatic heterocycles. The van der Waals surface area contributed by atoms with Crippen LogP contribution in [0, 0.1) is 47.3 Å². The fourth-order valence-corrected chi connectivity index (χ4v) is 8.59. The first-order chi connectivity index (χ1) is 8.80. The number of ether oxygens (including phenoxy) is 1. The lowest BCUT2D eigenvalue weighted by Crippen LogP contribution is -2.51. The van der Waals surface area contributed by atoms with Crippen LogP contribution in [0.4, 0.5) is 0 Å². The quantitative estimate of drug-likeness (QED) is 0.686. The Bertz CT molecular complexity index is 462. The van der Waals surface area contributed by atoms with Crippen LogP contribution < -0.4 is 0 Å². The topological polar surface area (TPSA) is 9.23 Å². The van der Waals surface area contributed by atoms with Crippen LogP contribution >= 0.6 is 0 Å². The van der Waals surface area contributed by atoms with Gasteiger partial charge in [-0.05, 0) is 66.6 Å². The minimum atomic E-state index is 0.233. The fourth-order valence-electron chi connectivity index (χ4n) is 8.59. The van der Waals surface area contributed by atoms with Gasteiger partial charge in [0.05, 0.1) is 11.2 Å². The molecule has 0 radical (unpaired) electrons. The fraction of sp³-hybridized carbons (Fsp3) is 0.765. The molecule has 2 saturated heterocycles. The van der Waals surface area contributed by atoms with Gasteiger partial charge in [0.2, 0.25) is 0 Å². The lowest BCUT2D eigenvalue weighted by atomic mass is 9.54. The van der Waals surface area contributed by atoms with Gasteiger partial charge in [0.1, 0.15) is 0 Å². The van der Waals surface area contributed by atoms with Crippen molar-refractivity contribution in [3.8, 4) is 0 Å². The minimum absolute atomic E-state index is 0.233. The zero-order valence-corrected chi connectivity index (χ0v) is 10.7. The molecular formula is C17H20O. The molecule has 2 heterocycles.